The minimum absolute atomic E-state index is 0.0795. The van der Waals surface area contributed by atoms with Gasteiger partial charge in [0.25, 0.3) is 0 Å². The molecule has 0 bridgehead atoms. The van der Waals surface area contributed by atoms with Gasteiger partial charge in [0, 0.05) is 12.1 Å². The first-order valence-corrected chi connectivity index (χ1v) is 8.57. The standard InChI is InChI=1S/C18H18N2O4S/c1-11-3-2-4-14(19-11)15(21)10-24-13-7-5-12(6-8-13)9-16-17(22)20-18(23)25-16/h2-8,15,21-22H,9-10H2,1H3,(H,20,23). The van der Waals surface area contributed by atoms with Gasteiger partial charge in [-0.05, 0) is 36.8 Å². The molecule has 0 saturated carbocycles. The Labute approximate surface area is 148 Å². The fourth-order valence-corrected chi connectivity index (χ4v) is 3.13. The number of aryl methyl sites for hydroxylation is 1. The lowest BCUT2D eigenvalue weighted by Crippen LogP contribution is -2.11. The van der Waals surface area contributed by atoms with Gasteiger partial charge in [0.15, 0.2) is 0 Å². The molecule has 3 aromatic rings. The predicted molar refractivity (Wildman–Crippen MR) is 95.3 cm³/mol. The summed E-state index contributed by atoms with van der Waals surface area (Å²) < 4.78 is 5.60. The second-order valence-electron chi connectivity index (χ2n) is 5.64. The van der Waals surface area contributed by atoms with E-state index < -0.39 is 6.10 Å². The van der Waals surface area contributed by atoms with Crippen LogP contribution in [-0.2, 0) is 6.42 Å². The van der Waals surface area contributed by atoms with Gasteiger partial charge >= 0.3 is 4.87 Å². The van der Waals surface area contributed by atoms with Crippen LogP contribution in [0.25, 0.3) is 0 Å². The first-order chi connectivity index (χ1) is 12.0. The van der Waals surface area contributed by atoms with Crippen LogP contribution in [-0.4, -0.2) is 26.8 Å². The molecule has 1 aromatic carbocycles. The number of pyridine rings is 1. The molecule has 0 fully saturated rings. The summed E-state index contributed by atoms with van der Waals surface area (Å²) in [5, 5.41) is 19.8. The fourth-order valence-electron chi connectivity index (χ4n) is 2.37. The molecule has 0 aliphatic heterocycles. The van der Waals surface area contributed by atoms with Crippen molar-refractivity contribution in [1.29, 1.82) is 0 Å². The molecular formula is C18H18N2O4S. The zero-order valence-electron chi connectivity index (χ0n) is 13.6. The molecule has 3 rings (SSSR count). The van der Waals surface area contributed by atoms with Gasteiger partial charge in [0.2, 0.25) is 5.88 Å². The monoisotopic (exact) mass is 358 g/mol. The molecule has 7 heteroatoms. The van der Waals surface area contributed by atoms with Crippen molar-refractivity contribution in [3.05, 3.63) is 74.0 Å². The highest BCUT2D eigenvalue weighted by atomic mass is 32.1. The highest BCUT2D eigenvalue weighted by molar-refractivity contribution is 7.09. The van der Waals surface area contributed by atoms with Gasteiger partial charge in [-0.15, -0.1) is 0 Å². The van der Waals surface area contributed by atoms with E-state index in [2.05, 4.69) is 9.97 Å². The van der Waals surface area contributed by atoms with Crippen LogP contribution in [0.2, 0.25) is 0 Å². The second kappa shape index (κ2) is 7.50. The van der Waals surface area contributed by atoms with E-state index in [0.29, 0.717) is 22.7 Å². The van der Waals surface area contributed by atoms with Crippen molar-refractivity contribution < 1.29 is 14.9 Å². The number of aromatic amines is 1. The summed E-state index contributed by atoms with van der Waals surface area (Å²) in [7, 11) is 0. The van der Waals surface area contributed by atoms with Gasteiger partial charge in [-0.2, -0.15) is 0 Å². The van der Waals surface area contributed by atoms with Crippen molar-refractivity contribution in [2.45, 2.75) is 19.4 Å². The number of aliphatic hydroxyl groups excluding tert-OH is 1. The Morgan fingerprint density at radius 1 is 1.24 bits per heavy atom. The van der Waals surface area contributed by atoms with Crippen molar-refractivity contribution in [3.63, 3.8) is 0 Å². The van der Waals surface area contributed by atoms with E-state index in [-0.39, 0.29) is 17.4 Å². The van der Waals surface area contributed by atoms with Gasteiger partial charge in [-0.1, -0.05) is 29.5 Å². The fraction of sp³-hybridized carbons (Fsp3) is 0.222. The number of aromatic nitrogens is 2. The lowest BCUT2D eigenvalue weighted by Gasteiger charge is -2.12. The van der Waals surface area contributed by atoms with E-state index in [1.54, 1.807) is 18.2 Å². The number of H-pyrrole nitrogens is 1. The number of hydrogen-bond acceptors (Lipinski definition) is 6. The van der Waals surface area contributed by atoms with Crippen molar-refractivity contribution in [1.82, 2.24) is 9.97 Å². The molecule has 3 N–H and O–H groups in total. The number of aromatic hydroxyl groups is 1. The van der Waals surface area contributed by atoms with Crippen LogP contribution in [0.4, 0.5) is 0 Å². The van der Waals surface area contributed by atoms with Gasteiger partial charge < -0.3 is 14.9 Å². The van der Waals surface area contributed by atoms with Crippen molar-refractivity contribution in [2.24, 2.45) is 0 Å². The van der Waals surface area contributed by atoms with Crippen molar-refractivity contribution in [3.8, 4) is 11.6 Å². The molecule has 0 amide bonds. The minimum atomic E-state index is -0.798. The number of aliphatic hydroxyl groups is 1. The van der Waals surface area contributed by atoms with E-state index in [1.165, 1.54) is 0 Å². The maximum absolute atomic E-state index is 11.2. The van der Waals surface area contributed by atoms with E-state index >= 15 is 0 Å². The lowest BCUT2D eigenvalue weighted by atomic mass is 10.1. The molecule has 1 atom stereocenters. The van der Waals surface area contributed by atoms with Crippen LogP contribution >= 0.6 is 11.3 Å². The largest absolute Gasteiger partial charge is 0.494 e. The minimum Gasteiger partial charge on any atom is -0.494 e. The van der Waals surface area contributed by atoms with Gasteiger partial charge in [-0.3, -0.25) is 14.8 Å². The summed E-state index contributed by atoms with van der Waals surface area (Å²) in [6.07, 6.45) is -0.334. The Hall–Kier alpha value is -2.64. The van der Waals surface area contributed by atoms with Crippen LogP contribution in [0.15, 0.2) is 47.3 Å². The molecule has 0 aliphatic carbocycles. The SMILES string of the molecule is Cc1cccc(C(O)COc2ccc(Cc3sc(=O)[nH]c3O)cc2)n1. The predicted octanol–water partition coefficient (Wildman–Crippen LogP) is 2.55. The van der Waals surface area contributed by atoms with E-state index in [1.807, 2.05) is 31.2 Å². The highest BCUT2D eigenvalue weighted by Gasteiger charge is 2.11. The maximum Gasteiger partial charge on any atom is 0.307 e. The Kier molecular flexibility index (Phi) is 5.16. The van der Waals surface area contributed by atoms with Gasteiger partial charge in [0.1, 0.15) is 18.5 Å². The number of ether oxygens (including phenoxy) is 1. The molecule has 0 spiro atoms. The number of thiazole rings is 1. The summed E-state index contributed by atoms with van der Waals surface area (Å²) in [6.45, 7) is 1.98. The first kappa shape index (κ1) is 17.2. The highest BCUT2D eigenvalue weighted by Crippen LogP contribution is 2.22. The molecule has 0 aliphatic rings. The zero-order valence-corrected chi connectivity index (χ0v) is 14.4. The summed E-state index contributed by atoms with van der Waals surface area (Å²) in [4.78, 5) is 18.1. The van der Waals surface area contributed by atoms with Crippen molar-refractivity contribution >= 4 is 11.3 Å². The third-order valence-electron chi connectivity index (χ3n) is 3.65. The molecule has 2 heterocycles. The Balaban J connectivity index is 1.59. The molecule has 6 nitrogen and oxygen atoms in total. The molecular weight excluding hydrogens is 340 g/mol. The average molecular weight is 358 g/mol. The zero-order chi connectivity index (χ0) is 17.8. The van der Waals surface area contributed by atoms with E-state index in [4.69, 9.17) is 4.74 Å². The number of nitrogens with zero attached hydrogens (tertiary/aromatic N) is 1. The summed E-state index contributed by atoms with van der Waals surface area (Å²) in [5.74, 6) is 0.547. The van der Waals surface area contributed by atoms with Crippen LogP contribution in [0.3, 0.4) is 0 Å². The number of hydrogen-bond donors (Lipinski definition) is 3. The van der Waals surface area contributed by atoms with Crippen LogP contribution in [0, 0.1) is 6.92 Å². The Morgan fingerprint density at radius 2 is 2.00 bits per heavy atom. The molecule has 1 unspecified atom stereocenters. The van der Waals surface area contributed by atoms with Gasteiger partial charge in [-0.25, -0.2) is 0 Å². The molecule has 0 radical (unpaired) electrons. The molecule has 0 saturated heterocycles. The smallest absolute Gasteiger partial charge is 0.307 e. The summed E-state index contributed by atoms with van der Waals surface area (Å²) in [6, 6.07) is 12.8. The third kappa shape index (κ3) is 4.46. The second-order valence-corrected chi connectivity index (χ2v) is 6.71. The number of rotatable bonds is 6. The Morgan fingerprint density at radius 3 is 2.64 bits per heavy atom. The molecule has 2 aromatic heterocycles. The average Bonchev–Trinajstić information content (AvgIpc) is 2.91. The van der Waals surface area contributed by atoms with Crippen LogP contribution in [0.1, 0.15) is 27.9 Å². The van der Waals surface area contributed by atoms with E-state index in [0.717, 1.165) is 22.6 Å². The maximum atomic E-state index is 11.2. The number of benzene rings is 1. The Bertz CT molecular complexity index is 902. The summed E-state index contributed by atoms with van der Waals surface area (Å²) in [5.41, 5.74) is 2.37. The topological polar surface area (TPSA) is 95.4 Å². The lowest BCUT2D eigenvalue weighted by molar-refractivity contribution is 0.104. The van der Waals surface area contributed by atoms with Crippen LogP contribution in [0.5, 0.6) is 11.6 Å². The first-order valence-electron chi connectivity index (χ1n) is 7.75. The third-order valence-corrected chi connectivity index (χ3v) is 4.52. The quantitative estimate of drug-likeness (QED) is 0.629. The van der Waals surface area contributed by atoms with E-state index in [9.17, 15) is 15.0 Å². The number of nitrogens with one attached hydrogen (secondary N) is 1. The normalized spacial score (nSPS) is 12.1. The molecule has 130 valence electrons. The molecule has 25 heavy (non-hydrogen) atoms. The van der Waals surface area contributed by atoms with Crippen LogP contribution < -0.4 is 9.61 Å². The van der Waals surface area contributed by atoms with Crippen molar-refractivity contribution in [2.75, 3.05) is 6.61 Å². The summed E-state index contributed by atoms with van der Waals surface area (Å²) >= 11 is 0.994. The van der Waals surface area contributed by atoms with Gasteiger partial charge in [0.05, 0.1) is 10.6 Å².